The van der Waals surface area contributed by atoms with Crippen LogP contribution in [0.15, 0.2) is 42.5 Å². The van der Waals surface area contributed by atoms with Crippen LogP contribution in [-0.2, 0) is 6.42 Å². The van der Waals surface area contributed by atoms with Gasteiger partial charge in [-0.2, -0.15) is 0 Å². The molecule has 1 N–H and O–H groups in total. The lowest BCUT2D eigenvalue weighted by molar-refractivity contribution is 0.0401. The fourth-order valence-corrected chi connectivity index (χ4v) is 3.49. The standard InChI is InChI=1S/C22H26ClFN2O3/c1-2-16-3-6-19(7-4-16)29-15-18(27)14-25-9-11-26(12-10-25)22(28)20-8-5-17(23)13-21(20)24/h3-8,13,18,27H,2,9-12,14-15H2,1H3. The van der Waals surface area contributed by atoms with Crippen LogP contribution in [0.25, 0.3) is 0 Å². The molecule has 0 radical (unpaired) electrons. The average Bonchev–Trinajstić information content (AvgIpc) is 2.73. The molecule has 0 saturated carbocycles. The third-order valence-electron chi connectivity index (χ3n) is 5.06. The number of β-amino-alcohol motifs (C(OH)–C–C–N with tert-alkyl or cyclic N) is 1. The van der Waals surface area contributed by atoms with Crippen LogP contribution in [0.1, 0.15) is 22.8 Å². The van der Waals surface area contributed by atoms with E-state index in [-0.39, 0.29) is 23.1 Å². The van der Waals surface area contributed by atoms with Gasteiger partial charge in [-0.3, -0.25) is 9.69 Å². The van der Waals surface area contributed by atoms with Gasteiger partial charge in [0, 0.05) is 37.7 Å². The highest BCUT2D eigenvalue weighted by Crippen LogP contribution is 2.18. The normalized spacial score (nSPS) is 15.9. The Balaban J connectivity index is 1.43. The molecule has 29 heavy (non-hydrogen) atoms. The average molecular weight is 421 g/mol. The van der Waals surface area contributed by atoms with Crippen LogP contribution >= 0.6 is 11.6 Å². The van der Waals surface area contributed by atoms with Gasteiger partial charge in [-0.05, 0) is 42.3 Å². The van der Waals surface area contributed by atoms with Crippen LogP contribution in [0.3, 0.4) is 0 Å². The molecule has 1 fully saturated rings. The summed E-state index contributed by atoms with van der Waals surface area (Å²) in [5.41, 5.74) is 1.27. The number of hydrogen-bond donors (Lipinski definition) is 1. The molecule has 1 amide bonds. The van der Waals surface area contributed by atoms with Gasteiger partial charge in [0.2, 0.25) is 0 Å². The van der Waals surface area contributed by atoms with Crippen molar-refractivity contribution in [3.8, 4) is 5.75 Å². The topological polar surface area (TPSA) is 53.0 Å². The lowest BCUT2D eigenvalue weighted by Crippen LogP contribution is -2.51. The van der Waals surface area contributed by atoms with E-state index < -0.39 is 11.9 Å². The molecule has 3 rings (SSSR count). The first-order valence-corrected chi connectivity index (χ1v) is 10.2. The number of aliphatic hydroxyl groups is 1. The van der Waals surface area contributed by atoms with Crippen LogP contribution in [0.5, 0.6) is 5.75 Å². The van der Waals surface area contributed by atoms with Crippen molar-refractivity contribution in [2.45, 2.75) is 19.4 Å². The Morgan fingerprint density at radius 3 is 2.48 bits per heavy atom. The van der Waals surface area contributed by atoms with E-state index in [1.807, 2.05) is 24.3 Å². The molecule has 156 valence electrons. The Hall–Kier alpha value is -2.15. The van der Waals surface area contributed by atoms with Crippen molar-refractivity contribution in [2.24, 2.45) is 0 Å². The first-order valence-electron chi connectivity index (χ1n) is 9.82. The zero-order chi connectivity index (χ0) is 20.8. The molecule has 5 nitrogen and oxygen atoms in total. The molecule has 2 aromatic carbocycles. The lowest BCUT2D eigenvalue weighted by atomic mass is 10.1. The molecular formula is C22H26ClFN2O3. The maximum atomic E-state index is 14.0. The minimum Gasteiger partial charge on any atom is -0.491 e. The number of carbonyl (C=O) groups excluding carboxylic acids is 1. The van der Waals surface area contributed by atoms with Crippen molar-refractivity contribution < 1.29 is 19.0 Å². The molecule has 1 heterocycles. The zero-order valence-electron chi connectivity index (χ0n) is 16.5. The second-order valence-electron chi connectivity index (χ2n) is 7.18. The summed E-state index contributed by atoms with van der Waals surface area (Å²) in [6.45, 7) is 4.95. The smallest absolute Gasteiger partial charge is 0.256 e. The van der Waals surface area contributed by atoms with Crippen molar-refractivity contribution >= 4 is 17.5 Å². The van der Waals surface area contributed by atoms with Gasteiger partial charge in [-0.15, -0.1) is 0 Å². The summed E-state index contributed by atoms with van der Waals surface area (Å²) >= 11 is 5.75. The number of hydrogen-bond acceptors (Lipinski definition) is 4. The number of amides is 1. The van der Waals surface area contributed by atoms with E-state index in [9.17, 15) is 14.3 Å². The van der Waals surface area contributed by atoms with Gasteiger partial charge in [0.05, 0.1) is 5.56 Å². The second kappa shape index (κ2) is 10.1. The quantitative estimate of drug-likeness (QED) is 0.747. The molecule has 7 heteroatoms. The molecule has 2 aromatic rings. The van der Waals surface area contributed by atoms with Gasteiger partial charge in [-0.25, -0.2) is 4.39 Å². The van der Waals surface area contributed by atoms with E-state index in [1.165, 1.54) is 17.7 Å². The Morgan fingerprint density at radius 1 is 1.17 bits per heavy atom. The maximum absolute atomic E-state index is 14.0. The number of nitrogens with zero attached hydrogens (tertiary/aromatic N) is 2. The van der Waals surface area contributed by atoms with Crippen LogP contribution in [-0.4, -0.2) is 66.2 Å². The van der Waals surface area contributed by atoms with E-state index in [2.05, 4.69) is 11.8 Å². The zero-order valence-corrected chi connectivity index (χ0v) is 17.2. The number of aryl methyl sites for hydroxylation is 1. The number of benzene rings is 2. The van der Waals surface area contributed by atoms with Crippen LogP contribution in [0.4, 0.5) is 4.39 Å². The summed E-state index contributed by atoms with van der Waals surface area (Å²) in [6, 6.07) is 11.9. The largest absolute Gasteiger partial charge is 0.491 e. The van der Waals surface area contributed by atoms with Gasteiger partial charge < -0.3 is 14.7 Å². The van der Waals surface area contributed by atoms with Crippen molar-refractivity contribution in [1.29, 1.82) is 0 Å². The number of piperazine rings is 1. The molecule has 0 aliphatic carbocycles. The number of aliphatic hydroxyl groups excluding tert-OH is 1. The maximum Gasteiger partial charge on any atom is 0.256 e. The first kappa shape index (κ1) is 21.6. The minimum absolute atomic E-state index is 0.0328. The monoisotopic (exact) mass is 420 g/mol. The van der Waals surface area contributed by atoms with Crippen LogP contribution in [0.2, 0.25) is 5.02 Å². The Labute approximate surface area is 175 Å². The van der Waals surface area contributed by atoms with Gasteiger partial charge in [-0.1, -0.05) is 30.7 Å². The molecule has 1 unspecified atom stereocenters. The highest BCUT2D eigenvalue weighted by atomic mass is 35.5. The molecule has 0 bridgehead atoms. The number of halogens is 2. The van der Waals surface area contributed by atoms with Crippen molar-refractivity contribution in [2.75, 3.05) is 39.3 Å². The second-order valence-corrected chi connectivity index (χ2v) is 7.62. The van der Waals surface area contributed by atoms with Gasteiger partial charge in [0.15, 0.2) is 0 Å². The van der Waals surface area contributed by atoms with Crippen molar-refractivity contribution in [3.63, 3.8) is 0 Å². The SMILES string of the molecule is CCc1ccc(OCC(O)CN2CCN(C(=O)c3ccc(Cl)cc3F)CC2)cc1. The van der Waals surface area contributed by atoms with Gasteiger partial charge >= 0.3 is 0 Å². The van der Waals surface area contributed by atoms with Crippen LogP contribution < -0.4 is 4.74 Å². The molecule has 0 aromatic heterocycles. The van der Waals surface area contributed by atoms with E-state index in [0.717, 1.165) is 18.2 Å². The van der Waals surface area contributed by atoms with E-state index >= 15 is 0 Å². The van der Waals surface area contributed by atoms with Gasteiger partial charge in [0.1, 0.15) is 24.3 Å². The molecule has 1 saturated heterocycles. The molecular weight excluding hydrogens is 395 g/mol. The summed E-state index contributed by atoms with van der Waals surface area (Å²) in [7, 11) is 0. The molecule has 1 aliphatic rings. The molecule has 0 spiro atoms. The summed E-state index contributed by atoms with van der Waals surface area (Å²) in [5.74, 6) is -0.204. The predicted molar refractivity (Wildman–Crippen MR) is 111 cm³/mol. The molecule has 1 atom stereocenters. The molecule has 1 aliphatic heterocycles. The third-order valence-corrected chi connectivity index (χ3v) is 5.30. The third kappa shape index (κ3) is 5.92. The van der Waals surface area contributed by atoms with E-state index in [1.54, 1.807) is 4.90 Å². The Kier molecular flexibility index (Phi) is 7.47. The number of rotatable bonds is 7. The summed E-state index contributed by atoms with van der Waals surface area (Å²) < 4.78 is 19.6. The lowest BCUT2D eigenvalue weighted by Gasteiger charge is -2.35. The predicted octanol–water partition coefficient (Wildman–Crippen LogP) is 3.24. The number of carbonyl (C=O) groups is 1. The van der Waals surface area contributed by atoms with Crippen molar-refractivity contribution in [1.82, 2.24) is 9.80 Å². The summed E-state index contributed by atoms with van der Waals surface area (Å²) in [6.07, 6.45) is 0.346. The summed E-state index contributed by atoms with van der Waals surface area (Å²) in [5, 5.41) is 10.5. The van der Waals surface area contributed by atoms with Crippen LogP contribution in [0, 0.1) is 5.82 Å². The highest BCUT2D eigenvalue weighted by Gasteiger charge is 2.25. The Bertz CT molecular complexity index is 823. The van der Waals surface area contributed by atoms with E-state index in [4.69, 9.17) is 16.3 Å². The van der Waals surface area contributed by atoms with E-state index in [0.29, 0.717) is 32.7 Å². The summed E-state index contributed by atoms with van der Waals surface area (Å²) in [4.78, 5) is 16.2. The fraction of sp³-hybridized carbons (Fsp3) is 0.409. The first-order chi connectivity index (χ1) is 14.0. The highest BCUT2D eigenvalue weighted by molar-refractivity contribution is 6.30. The number of ether oxygens (including phenoxy) is 1. The van der Waals surface area contributed by atoms with Gasteiger partial charge in [0.25, 0.3) is 5.91 Å². The minimum atomic E-state index is -0.628. The Morgan fingerprint density at radius 2 is 1.86 bits per heavy atom. The van der Waals surface area contributed by atoms with Crippen molar-refractivity contribution in [3.05, 3.63) is 64.4 Å². The fourth-order valence-electron chi connectivity index (χ4n) is 3.33.